The number of halogens is 1. The Labute approximate surface area is 133 Å². The van der Waals surface area contributed by atoms with Crippen molar-refractivity contribution in [2.45, 2.75) is 25.4 Å². The van der Waals surface area contributed by atoms with E-state index in [-0.39, 0.29) is 5.91 Å². The molecule has 2 aromatic rings. The van der Waals surface area contributed by atoms with Gasteiger partial charge in [-0.1, -0.05) is 46.3 Å². The number of carbonyl (C=O) groups is 1. The molecule has 2 rings (SSSR count). The minimum Gasteiger partial charge on any atom is -0.380 e. The van der Waals surface area contributed by atoms with Crippen LogP contribution in [0.1, 0.15) is 18.9 Å². The third-order valence-electron chi connectivity index (χ3n) is 3.33. The second-order valence-electron chi connectivity index (χ2n) is 5.22. The maximum Gasteiger partial charge on any atom is 0.256 e. The molecule has 0 aliphatic carbocycles. The number of aryl methyl sites for hydroxylation is 1. The lowest BCUT2D eigenvalue weighted by Gasteiger charge is -2.22. The number of aliphatic hydroxyl groups is 1. The van der Waals surface area contributed by atoms with Crippen LogP contribution in [0.3, 0.4) is 0 Å². The zero-order chi connectivity index (χ0) is 15.3. The summed E-state index contributed by atoms with van der Waals surface area (Å²) in [5.41, 5.74) is 0.375. The number of hydrogen-bond donors (Lipinski definition) is 2. The van der Waals surface area contributed by atoms with Gasteiger partial charge in [0.15, 0.2) is 0 Å². The predicted octanol–water partition coefficient (Wildman–Crippen LogP) is 3.77. The molecule has 0 saturated heterocycles. The van der Waals surface area contributed by atoms with E-state index < -0.39 is 5.60 Å². The molecular weight excluding hydrogens is 327 g/mol. The number of hydrogen-bond acceptors (Lipinski definition) is 2. The molecule has 0 spiro atoms. The predicted molar refractivity (Wildman–Crippen MR) is 88.2 cm³/mol. The van der Waals surface area contributed by atoms with Crippen LogP contribution in [0.25, 0.3) is 0 Å². The van der Waals surface area contributed by atoms with Gasteiger partial charge in [-0.3, -0.25) is 4.79 Å². The lowest BCUT2D eigenvalue weighted by molar-refractivity contribution is -0.132. The molecule has 2 N–H and O–H groups in total. The van der Waals surface area contributed by atoms with Gasteiger partial charge in [-0.2, -0.15) is 0 Å². The Bertz CT molecular complexity index is 594. The number of para-hydroxylation sites is 1. The van der Waals surface area contributed by atoms with E-state index in [1.807, 2.05) is 42.5 Å². The summed E-state index contributed by atoms with van der Waals surface area (Å²) in [4.78, 5) is 12.1. The van der Waals surface area contributed by atoms with Gasteiger partial charge in [0.1, 0.15) is 5.60 Å². The van der Waals surface area contributed by atoms with Crippen LogP contribution in [0.2, 0.25) is 0 Å². The highest BCUT2D eigenvalue weighted by Crippen LogP contribution is 2.18. The molecule has 110 valence electrons. The largest absolute Gasteiger partial charge is 0.380 e. The summed E-state index contributed by atoms with van der Waals surface area (Å²) in [5.74, 6) is -0.384. The highest BCUT2D eigenvalue weighted by molar-refractivity contribution is 9.10. The van der Waals surface area contributed by atoms with Crippen molar-refractivity contribution >= 4 is 27.5 Å². The van der Waals surface area contributed by atoms with Gasteiger partial charge in [-0.05, 0) is 49.6 Å². The summed E-state index contributed by atoms with van der Waals surface area (Å²) < 4.78 is 1.01. The molecular formula is C17H18BrNO2. The van der Waals surface area contributed by atoms with Gasteiger partial charge in [-0.15, -0.1) is 0 Å². The first-order valence-electron chi connectivity index (χ1n) is 6.81. The molecule has 0 bridgehead atoms. The Morgan fingerprint density at radius 2 is 1.76 bits per heavy atom. The number of carbonyl (C=O) groups excluding carboxylic acids is 1. The summed E-state index contributed by atoms with van der Waals surface area (Å²) >= 11 is 3.38. The number of rotatable bonds is 5. The van der Waals surface area contributed by atoms with Gasteiger partial charge in [-0.25, -0.2) is 0 Å². The SMILES string of the molecule is C[C@](O)(CCc1ccc([77Br])cc1)C(=O)Nc1ccccc1. The second kappa shape index (κ2) is 6.87. The number of amides is 1. The average molecular weight is 345 g/mol. The molecule has 3 nitrogen and oxygen atoms in total. The standard InChI is InChI=1S/C17H18BrNO2/c1-17(21,12-11-13-7-9-14(18)10-8-13)16(20)19-15-5-3-2-4-6-15/h2-10,21H,11-12H2,1H3,(H,19,20)/t17-/m0/s1/i18-3. The van der Waals surface area contributed by atoms with E-state index in [0.717, 1.165) is 10.0 Å². The van der Waals surface area contributed by atoms with Crippen molar-refractivity contribution in [3.63, 3.8) is 0 Å². The fourth-order valence-corrected chi connectivity index (χ4v) is 2.20. The van der Waals surface area contributed by atoms with Crippen molar-refractivity contribution < 1.29 is 9.90 Å². The minimum atomic E-state index is -1.40. The van der Waals surface area contributed by atoms with Crippen molar-refractivity contribution in [2.75, 3.05) is 5.32 Å². The fraction of sp³-hybridized carbons (Fsp3) is 0.235. The minimum absolute atomic E-state index is 0.368. The Balaban J connectivity index is 1.94. The van der Waals surface area contributed by atoms with E-state index >= 15 is 0 Å². The topological polar surface area (TPSA) is 49.3 Å². The van der Waals surface area contributed by atoms with Crippen LogP contribution >= 0.6 is 15.9 Å². The van der Waals surface area contributed by atoms with E-state index in [1.54, 1.807) is 19.1 Å². The number of nitrogens with one attached hydrogen (secondary N) is 1. The van der Waals surface area contributed by atoms with E-state index in [4.69, 9.17) is 0 Å². The molecule has 0 heterocycles. The lowest BCUT2D eigenvalue weighted by Crippen LogP contribution is -2.40. The van der Waals surface area contributed by atoms with Crippen LogP contribution < -0.4 is 5.32 Å². The second-order valence-corrected chi connectivity index (χ2v) is 6.14. The summed E-state index contributed by atoms with van der Waals surface area (Å²) in [7, 11) is 0. The van der Waals surface area contributed by atoms with Gasteiger partial charge < -0.3 is 10.4 Å². The van der Waals surface area contributed by atoms with Gasteiger partial charge in [0.2, 0.25) is 0 Å². The quantitative estimate of drug-likeness (QED) is 0.867. The van der Waals surface area contributed by atoms with Crippen molar-refractivity contribution in [3.05, 3.63) is 64.6 Å². The highest BCUT2D eigenvalue weighted by Gasteiger charge is 2.29. The van der Waals surface area contributed by atoms with Crippen LogP contribution in [-0.4, -0.2) is 16.6 Å². The fourth-order valence-electron chi connectivity index (χ4n) is 1.94. The molecule has 1 amide bonds. The molecule has 0 aliphatic rings. The van der Waals surface area contributed by atoms with Gasteiger partial charge >= 0.3 is 0 Å². The van der Waals surface area contributed by atoms with Crippen LogP contribution in [0.4, 0.5) is 5.69 Å². The van der Waals surface area contributed by atoms with Crippen molar-refractivity contribution in [1.82, 2.24) is 0 Å². The first-order chi connectivity index (χ1) is 9.97. The molecule has 2 aromatic carbocycles. The van der Waals surface area contributed by atoms with E-state index in [0.29, 0.717) is 18.5 Å². The maximum absolute atomic E-state index is 12.1. The highest BCUT2D eigenvalue weighted by atomic mass is 76.9. The Hall–Kier alpha value is -1.65. The zero-order valence-electron chi connectivity index (χ0n) is 11.8. The Morgan fingerprint density at radius 3 is 2.38 bits per heavy atom. The molecule has 0 aromatic heterocycles. The summed E-state index contributed by atoms with van der Waals surface area (Å²) in [6.45, 7) is 1.55. The van der Waals surface area contributed by atoms with Gasteiger partial charge in [0.25, 0.3) is 5.91 Å². The van der Waals surface area contributed by atoms with E-state index in [9.17, 15) is 9.90 Å². The first-order valence-corrected chi connectivity index (χ1v) is 7.60. The molecule has 0 unspecified atom stereocenters. The zero-order valence-corrected chi connectivity index (χ0v) is 13.4. The number of anilines is 1. The van der Waals surface area contributed by atoms with Crippen LogP contribution in [-0.2, 0) is 11.2 Å². The Kier molecular flexibility index (Phi) is 5.15. The normalized spacial score (nSPS) is 13.5. The molecule has 0 aliphatic heterocycles. The van der Waals surface area contributed by atoms with Crippen molar-refractivity contribution in [3.8, 4) is 0 Å². The van der Waals surface area contributed by atoms with Gasteiger partial charge in [0, 0.05) is 10.2 Å². The summed E-state index contributed by atoms with van der Waals surface area (Å²) in [5, 5.41) is 13.1. The summed E-state index contributed by atoms with van der Waals surface area (Å²) in [6.07, 6.45) is 1.01. The molecule has 0 radical (unpaired) electrons. The lowest BCUT2D eigenvalue weighted by atomic mass is 9.96. The van der Waals surface area contributed by atoms with E-state index in [2.05, 4.69) is 21.2 Å². The monoisotopic (exact) mass is 345 g/mol. The maximum atomic E-state index is 12.1. The van der Waals surface area contributed by atoms with Crippen molar-refractivity contribution in [2.24, 2.45) is 0 Å². The van der Waals surface area contributed by atoms with Crippen LogP contribution in [0.5, 0.6) is 0 Å². The number of benzene rings is 2. The van der Waals surface area contributed by atoms with Gasteiger partial charge in [0.05, 0.1) is 0 Å². The molecule has 21 heavy (non-hydrogen) atoms. The molecule has 1 atom stereocenters. The smallest absolute Gasteiger partial charge is 0.256 e. The van der Waals surface area contributed by atoms with Crippen LogP contribution in [0.15, 0.2) is 59.1 Å². The average Bonchev–Trinajstić information content (AvgIpc) is 2.48. The molecule has 0 fully saturated rings. The van der Waals surface area contributed by atoms with E-state index in [1.165, 1.54) is 0 Å². The van der Waals surface area contributed by atoms with Crippen molar-refractivity contribution in [1.29, 1.82) is 0 Å². The Morgan fingerprint density at radius 1 is 1.14 bits per heavy atom. The first kappa shape index (κ1) is 15.7. The third kappa shape index (κ3) is 4.69. The molecule has 4 heteroatoms. The summed E-state index contributed by atoms with van der Waals surface area (Å²) in [6, 6.07) is 17.0. The third-order valence-corrected chi connectivity index (χ3v) is 3.86. The molecule has 0 saturated carbocycles. The van der Waals surface area contributed by atoms with Crippen LogP contribution in [0, 0.1) is 0 Å².